The van der Waals surface area contributed by atoms with Crippen molar-refractivity contribution >= 4 is 23.4 Å². The number of carbonyl (C=O) groups is 1. The summed E-state index contributed by atoms with van der Waals surface area (Å²) in [6.07, 6.45) is 0. The minimum atomic E-state index is -0.127. The Balaban J connectivity index is 1.91. The van der Waals surface area contributed by atoms with Gasteiger partial charge in [-0.1, -0.05) is 18.2 Å². The van der Waals surface area contributed by atoms with Crippen molar-refractivity contribution in [3.63, 3.8) is 0 Å². The van der Waals surface area contributed by atoms with E-state index in [1.807, 2.05) is 18.2 Å². The second-order valence-corrected chi connectivity index (χ2v) is 5.86. The average molecular weight is 342 g/mol. The number of carbonyl (C=O) groups excluding carboxylic acids is 1. The Morgan fingerprint density at radius 3 is 2.71 bits per heavy atom. The molecule has 2 rings (SSSR count). The zero-order valence-corrected chi connectivity index (χ0v) is 14.4. The molecule has 0 aliphatic heterocycles. The lowest BCUT2D eigenvalue weighted by atomic mass is 10.1. The van der Waals surface area contributed by atoms with Crippen LogP contribution in [0.15, 0.2) is 42.5 Å². The molecule has 0 aromatic heterocycles. The van der Waals surface area contributed by atoms with Crippen LogP contribution in [0.1, 0.15) is 11.1 Å². The van der Waals surface area contributed by atoms with Crippen molar-refractivity contribution < 1.29 is 14.3 Å². The zero-order valence-electron chi connectivity index (χ0n) is 13.5. The van der Waals surface area contributed by atoms with Crippen LogP contribution >= 0.6 is 11.8 Å². The molecular formula is C18H18N2O3S. The Morgan fingerprint density at radius 1 is 1.21 bits per heavy atom. The van der Waals surface area contributed by atoms with Crippen LogP contribution in [0.3, 0.4) is 0 Å². The monoisotopic (exact) mass is 342 g/mol. The van der Waals surface area contributed by atoms with Crippen molar-refractivity contribution in [3.8, 4) is 17.6 Å². The molecule has 1 amide bonds. The molecule has 1 N–H and O–H groups in total. The van der Waals surface area contributed by atoms with Gasteiger partial charge in [-0.3, -0.25) is 4.79 Å². The molecule has 0 bridgehead atoms. The second-order valence-electron chi connectivity index (χ2n) is 4.88. The molecule has 6 heteroatoms. The zero-order chi connectivity index (χ0) is 17.4. The van der Waals surface area contributed by atoms with Crippen LogP contribution in [0.4, 0.5) is 5.69 Å². The van der Waals surface area contributed by atoms with Gasteiger partial charge < -0.3 is 14.8 Å². The minimum absolute atomic E-state index is 0.127. The number of hydrogen-bond donors (Lipinski definition) is 1. The van der Waals surface area contributed by atoms with E-state index in [0.717, 1.165) is 5.56 Å². The minimum Gasteiger partial charge on any atom is -0.497 e. The third kappa shape index (κ3) is 4.67. The predicted molar refractivity (Wildman–Crippen MR) is 95.5 cm³/mol. The van der Waals surface area contributed by atoms with Crippen LogP contribution in [0.25, 0.3) is 0 Å². The number of anilines is 1. The van der Waals surface area contributed by atoms with Crippen LogP contribution in [0.5, 0.6) is 11.5 Å². The standard InChI is InChI=1S/C18H18N2O3S/c1-22-15-7-8-16(17(9-15)23-2)20-18(21)12-24-11-14-6-4-3-5-13(14)10-19/h3-9H,11-12H2,1-2H3,(H,20,21). The first kappa shape index (κ1) is 17.7. The predicted octanol–water partition coefficient (Wildman–Crippen LogP) is 3.45. The summed E-state index contributed by atoms with van der Waals surface area (Å²) in [6, 6.07) is 14.8. The van der Waals surface area contributed by atoms with Crippen molar-refractivity contribution in [2.75, 3.05) is 25.3 Å². The molecule has 5 nitrogen and oxygen atoms in total. The molecule has 0 saturated heterocycles. The van der Waals surface area contributed by atoms with Gasteiger partial charge in [-0.05, 0) is 23.8 Å². The van der Waals surface area contributed by atoms with E-state index in [1.54, 1.807) is 31.4 Å². The van der Waals surface area contributed by atoms with E-state index in [4.69, 9.17) is 14.7 Å². The van der Waals surface area contributed by atoms with E-state index in [9.17, 15) is 4.79 Å². The van der Waals surface area contributed by atoms with Crippen LogP contribution < -0.4 is 14.8 Å². The molecule has 0 atom stereocenters. The number of amides is 1. The summed E-state index contributed by atoms with van der Waals surface area (Å²) in [5, 5.41) is 11.9. The Labute approximate surface area is 145 Å². The largest absolute Gasteiger partial charge is 0.497 e. The van der Waals surface area contributed by atoms with Crippen LogP contribution in [-0.4, -0.2) is 25.9 Å². The van der Waals surface area contributed by atoms with E-state index in [0.29, 0.717) is 28.5 Å². The highest BCUT2D eigenvalue weighted by Crippen LogP contribution is 2.29. The smallest absolute Gasteiger partial charge is 0.234 e. The molecule has 2 aromatic rings. The molecule has 0 fully saturated rings. The van der Waals surface area contributed by atoms with Crippen molar-refractivity contribution in [1.82, 2.24) is 0 Å². The van der Waals surface area contributed by atoms with E-state index in [1.165, 1.54) is 18.9 Å². The van der Waals surface area contributed by atoms with Crippen LogP contribution in [0, 0.1) is 11.3 Å². The lowest BCUT2D eigenvalue weighted by Gasteiger charge is -2.11. The number of nitriles is 1. The Morgan fingerprint density at radius 2 is 2.00 bits per heavy atom. The molecule has 0 radical (unpaired) electrons. The maximum absolute atomic E-state index is 12.1. The summed E-state index contributed by atoms with van der Waals surface area (Å²) in [7, 11) is 3.11. The van der Waals surface area contributed by atoms with Crippen molar-refractivity contribution in [2.45, 2.75) is 5.75 Å². The summed E-state index contributed by atoms with van der Waals surface area (Å²) in [5.41, 5.74) is 2.17. The van der Waals surface area contributed by atoms with Crippen molar-refractivity contribution in [1.29, 1.82) is 5.26 Å². The van der Waals surface area contributed by atoms with Gasteiger partial charge in [0, 0.05) is 11.8 Å². The highest BCUT2D eigenvalue weighted by molar-refractivity contribution is 7.99. The van der Waals surface area contributed by atoms with Gasteiger partial charge in [0.25, 0.3) is 0 Å². The van der Waals surface area contributed by atoms with Gasteiger partial charge in [0.2, 0.25) is 5.91 Å². The molecule has 0 spiro atoms. The molecule has 0 heterocycles. The van der Waals surface area contributed by atoms with Crippen molar-refractivity contribution in [3.05, 3.63) is 53.6 Å². The van der Waals surface area contributed by atoms with Gasteiger partial charge in [-0.2, -0.15) is 5.26 Å². The molecule has 24 heavy (non-hydrogen) atoms. The van der Waals surface area contributed by atoms with Gasteiger partial charge in [0.15, 0.2) is 0 Å². The number of hydrogen-bond acceptors (Lipinski definition) is 5. The molecule has 0 aliphatic rings. The highest BCUT2D eigenvalue weighted by atomic mass is 32.2. The fraction of sp³-hybridized carbons (Fsp3) is 0.222. The summed E-state index contributed by atoms with van der Waals surface area (Å²) in [6.45, 7) is 0. The number of rotatable bonds is 7. The molecule has 0 aliphatic carbocycles. The number of benzene rings is 2. The lowest BCUT2D eigenvalue weighted by Crippen LogP contribution is -2.15. The Bertz CT molecular complexity index is 756. The second kappa shape index (κ2) is 8.85. The van der Waals surface area contributed by atoms with Gasteiger partial charge >= 0.3 is 0 Å². The highest BCUT2D eigenvalue weighted by Gasteiger charge is 2.09. The van der Waals surface area contributed by atoms with E-state index >= 15 is 0 Å². The van der Waals surface area contributed by atoms with Crippen LogP contribution in [0.2, 0.25) is 0 Å². The normalized spacial score (nSPS) is 9.88. The molecule has 124 valence electrons. The van der Waals surface area contributed by atoms with Crippen molar-refractivity contribution in [2.24, 2.45) is 0 Å². The summed E-state index contributed by atoms with van der Waals surface area (Å²) in [5.74, 6) is 1.97. The van der Waals surface area contributed by atoms with Gasteiger partial charge in [0.1, 0.15) is 11.5 Å². The third-order valence-corrected chi connectivity index (χ3v) is 4.29. The summed E-state index contributed by atoms with van der Waals surface area (Å²) >= 11 is 1.46. The van der Waals surface area contributed by atoms with E-state index < -0.39 is 0 Å². The molecule has 0 saturated carbocycles. The SMILES string of the molecule is COc1ccc(NC(=O)CSCc2ccccc2C#N)c(OC)c1. The summed E-state index contributed by atoms with van der Waals surface area (Å²) < 4.78 is 10.4. The Hall–Kier alpha value is -2.65. The average Bonchev–Trinajstić information content (AvgIpc) is 2.62. The fourth-order valence-corrected chi connectivity index (χ4v) is 2.93. The van der Waals surface area contributed by atoms with Gasteiger partial charge in [-0.15, -0.1) is 11.8 Å². The first-order valence-electron chi connectivity index (χ1n) is 7.25. The fourth-order valence-electron chi connectivity index (χ4n) is 2.10. The molecule has 2 aromatic carbocycles. The van der Waals surface area contributed by atoms with Gasteiger partial charge in [-0.25, -0.2) is 0 Å². The summed E-state index contributed by atoms with van der Waals surface area (Å²) in [4.78, 5) is 12.1. The maximum Gasteiger partial charge on any atom is 0.234 e. The number of methoxy groups -OCH3 is 2. The first-order valence-corrected chi connectivity index (χ1v) is 8.41. The molecular weight excluding hydrogens is 324 g/mol. The molecule has 0 unspecified atom stereocenters. The number of nitrogens with one attached hydrogen (secondary N) is 1. The third-order valence-electron chi connectivity index (χ3n) is 3.31. The first-order chi connectivity index (χ1) is 11.7. The topological polar surface area (TPSA) is 71.3 Å². The quantitative estimate of drug-likeness (QED) is 0.834. The maximum atomic E-state index is 12.1. The lowest BCUT2D eigenvalue weighted by molar-refractivity contribution is -0.113. The van der Waals surface area contributed by atoms with Gasteiger partial charge in [0.05, 0.1) is 37.3 Å². The van der Waals surface area contributed by atoms with Crippen LogP contribution in [-0.2, 0) is 10.5 Å². The number of ether oxygens (including phenoxy) is 2. The van der Waals surface area contributed by atoms with E-state index in [-0.39, 0.29) is 11.7 Å². The number of thioether (sulfide) groups is 1. The number of nitrogens with zero attached hydrogens (tertiary/aromatic N) is 1. The Kier molecular flexibility index (Phi) is 6.52. The van der Waals surface area contributed by atoms with E-state index in [2.05, 4.69) is 11.4 Å².